The average molecular weight is 407 g/mol. The van der Waals surface area contributed by atoms with E-state index in [-0.39, 0.29) is 17.8 Å². The first kappa shape index (κ1) is 18.4. The van der Waals surface area contributed by atoms with E-state index in [2.05, 4.69) is 36.5 Å². The Morgan fingerprint density at radius 3 is 2.50 bits per heavy atom. The van der Waals surface area contributed by atoms with Crippen LogP contribution in [0.1, 0.15) is 26.0 Å². The van der Waals surface area contributed by atoms with E-state index in [1.807, 2.05) is 13.8 Å². The van der Waals surface area contributed by atoms with E-state index in [1.54, 1.807) is 0 Å². The van der Waals surface area contributed by atoms with E-state index in [9.17, 15) is 17.6 Å². The maximum Gasteiger partial charge on any atom is 0.433 e. The van der Waals surface area contributed by atoms with Crippen molar-refractivity contribution >= 4 is 33.4 Å². The first-order valence-electron chi connectivity index (χ1n) is 7.14. The highest BCUT2D eigenvalue weighted by atomic mass is 79.9. The third-order valence-electron chi connectivity index (χ3n) is 3.20. The van der Waals surface area contributed by atoms with Crippen LogP contribution in [-0.2, 0) is 6.18 Å². The molecule has 0 amide bonds. The lowest BCUT2D eigenvalue weighted by Crippen LogP contribution is -2.18. The minimum absolute atomic E-state index is 0.0459. The number of rotatable bonds is 5. The zero-order valence-corrected chi connectivity index (χ0v) is 14.5. The lowest BCUT2D eigenvalue weighted by atomic mass is 10.3. The van der Waals surface area contributed by atoms with Crippen LogP contribution in [0, 0.1) is 5.82 Å². The number of aromatic nitrogens is 2. The summed E-state index contributed by atoms with van der Waals surface area (Å²) < 4.78 is 52.6. The molecule has 0 aliphatic rings. The first-order chi connectivity index (χ1) is 11.2. The molecule has 2 aromatic rings. The SMILES string of the molecule is CC[C@@H](C)Nc1nc(Nc2ccc(F)cc2Br)cc(C(F)(F)F)n1. The Bertz CT molecular complexity index is 721. The molecule has 0 saturated heterocycles. The van der Waals surface area contributed by atoms with Gasteiger partial charge in [-0.2, -0.15) is 18.2 Å². The maximum atomic E-state index is 13.1. The second kappa shape index (κ2) is 7.33. The van der Waals surface area contributed by atoms with Crippen LogP contribution in [0.15, 0.2) is 28.7 Å². The van der Waals surface area contributed by atoms with Crippen LogP contribution in [0.25, 0.3) is 0 Å². The first-order valence-corrected chi connectivity index (χ1v) is 7.93. The maximum absolute atomic E-state index is 13.1. The van der Waals surface area contributed by atoms with Crippen molar-refractivity contribution < 1.29 is 17.6 Å². The number of hydrogen-bond donors (Lipinski definition) is 2. The number of benzene rings is 1. The van der Waals surface area contributed by atoms with Gasteiger partial charge < -0.3 is 10.6 Å². The van der Waals surface area contributed by atoms with Gasteiger partial charge in [-0.05, 0) is 47.5 Å². The third-order valence-corrected chi connectivity index (χ3v) is 3.85. The summed E-state index contributed by atoms with van der Waals surface area (Å²) in [6.45, 7) is 3.70. The van der Waals surface area contributed by atoms with Gasteiger partial charge in [-0.1, -0.05) is 6.92 Å². The van der Waals surface area contributed by atoms with E-state index in [4.69, 9.17) is 0 Å². The van der Waals surface area contributed by atoms with Gasteiger partial charge >= 0.3 is 6.18 Å². The van der Waals surface area contributed by atoms with Crippen molar-refractivity contribution in [2.75, 3.05) is 10.6 Å². The molecule has 0 spiro atoms. The molecule has 1 atom stereocenters. The molecular formula is C15H15BrF4N4. The molecule has 4 nitrogen and oxygen atoms in total. The van der Waals surface area contributed by atoms with Crippen LogP contribution in [0.4, 0.5) is 35.0 Å². The number of nitrogens with one attached hydrogen (secondary N) is 2. The molecular weight excluding hydrogens is 392 g/mol. The molecule has 0 bridgehead atoms. The smallest absolute Gasteiger partial charge is 0.352 e. The molecule has 1 aromatic carbocycles. The molecule has 2 rings (SSSR count). The average Bonchev–Trinajstić information content (AvgIpc) is 2.49. The summed E-state index contributed by atoms with van der Waals surface area (Å²) in [7, 11) is 0. The van der Waals surface area contributed by atoms with Gasteiger partial charge in [0.2, 0.25) is 5.95 Å². The second-order valence-corrected chi connectivity index (χ2v) is 6.02. The van der Waals surface area contributed by atoms with Gasteiger partial charge in [0, 0.05) is 16.6 Å². The van der Waals surface area contributed by atoms with Crippen LogP contribution in [0.3, 0.4) is 0 Å². The van der Waals surface area contributed by atoms with Crippen LogP contribution >= 0.6 is 15.9 Å². The molecule has 2 N–H and O–H groups in total. The molecule has 0 fully saturated rings. The highest BCUT2D eigenvalue weighted by molar-refractivity contribution is 9.10. The fourth-order valence-corrected chi connectivity index (χ4v) is 2.22. The van der Waals surface area contributed by atoms with E-state index >= 15 is 0 Å². The number of nitrogens with zero attached hydrogens (tertiary/aromatic N) is 2. The zero-order chi connectivity index (χ0) is 17.9. The van der Waals surface area contributed by atoms with Crippen molar-refractivity contribution in [2.24, 2.45) is 0 Å². The van der Waals surface area contributed by atoms with Crippen LogP contribution in [-0.4, -0.2) is 16.0 Å². The van der Waals surface area contributed by atoms with Gasteiger partial charge in [0.15, 0.2) is 5.69 Å². The monoisotopic (exact) mass is 406 g/mol. The molecule has 0 aliphatic heterocycles. The predicted molar refractivity (Wildman–Crippen MR) is 87.8 cm³/mol. The highest BCUT2D eigenvalue weighted by Crippen LogP contribution is 2.32. The van der Waals surface area contributed by atoms with E-state index < -0.39 is 17.7 Å². The Labute approximate surface area is 144 Å². The van der Waals surface area contributed by atoms with Gasteiger partial charge in [-0.25, -0.2) is 9.37 Å². The molecule has 1 heterocycles. The van der Waals surface area contributed by atoms with Crippen molar-refractivity contribution in [3.05, 3.63) is 40.2 Å². The quantitative estimate of drug-likeness (QED) is 0.656. The predicted octanol–water partition coefficient (Wildman–Crippen LogP) is 5.35. The number of alkyl halides is 3. The third kappa shape index (κ3) is 4.80. The molecule has 9 heteroatoms. The Hall–Kier alpha value is -1.90. The Morgan fingerprint density at radius 1 is 1.21 bits per heavy atom. The number of halogens is 5. The molecule has 0 radical (unpaired) electrons. The van der Waals surface area contributed by atoms with Crippen molar-refractivity contribution in [1.82, 2.24) is 9.97 Å². The highest BCUT2D eigenvalue weighted by Gasteiger charge is 2.34. The lowest BCUT2D eigenvalue weighted by Gasteiger charge is -2.16. The van der Waals surface area contributed by atoms with Crippen molar-refractivity contribution in [2.45, 2.75) is 32.5 Å². The molecule has 0 saturated carbocycles. The van der Waals surface area contributed by atoms with E-state index in [0.29, 0.717) is 16.6 Å². The fraction of sp³-hybridized carbons (Fsp3) is 0.333. The van der Waals surface area contributed by atoms with Gasteiger partial charge in [-0.15, -0.1) is 0 Å². The molecule has 0 aliphatic carbocycles. The minimum atomic E-state index is -4.61. The summed E-state index contributed by atoms with van der Waals surface area (Å²) in [6.07, 6.45) is -3.91. The summed E-state index contributed by atoms with van der Waals surface area (Å²) in [4.78, 5) is 7.56. The molecule has 24 heavy (non-hydrogen) atoms. The van der Waals surface area contributed by atoms with Gasteiger partial charge in [0.1, 0.15) is 11.6 Å². The van der Waals surface area contributed by atoms with Gasteiger partial charge in [0.05, 0.1) is 5.69 Å². The number of hydrogen-bond acceptors (Lipinski definition) is 4. The van der Waals surface area contributed by atoms with Crippen LogP contribution in [0.2, 0.25) is 0 Å². The van der Waals surface area contributed by atoms with Crippen LogP contribution < -0.4 is 10.6 Å². The van der Waals surface area contributed by atoms with Crippen molar-refractivity contribution in [3.63, 3.8) is 0 Å². The standard InChI is InChI=1S/C15H15BrF4N4/c1-3-8(2)21-14-23-12(15(18,19)20)7-13(24-14)22-11-5-4-9(17)6-10(11)16/h4-8H,3H2,1-2H3,(H2,21,22,23,24)/t8-/m1/s1. The van der Waals surface area contributed by atoms with E-state index in [1.165, 1.54) is 18.2 Å². The number of anilines is 3. The normalized spacial score (nSPS) is 12.8. The van der Waals surface area contributed by atoms with Gasteiger partial charge in [0.25, 0.3) is 0 Å². The molecule has 130 valence electrons. The summed E-state index contributed by atoms with van der Waals surface area (Å²) in [5, 5.41) is 5.56. The van der Waals surface area contributed by atoms with Crippen molar-refractivity contribution in [1.29, 1.82) is 0 Å². The fourth-order valence-electron chi connectivity index (χ4n) is 1.77. The zero-order valence-electron chi connectivity index (χ0n) is 12.9. The summed E-state index contributed by atoms with van der Waals surface area (Å²) in [5.41, 5.74) is -0.679. The Balaban J connectivity index is 2.38. The van der Waals surface area contributed by atoms with Crippen LogP contribution in [0.5, 0.6) is 0 Å². The largest absolute Gasteiger partial charge is 0.433 e. The Morgan fingerprint density at radius 2 is 1.92 bits per heavy atom. The van der Waals surface area contributed by atoms with Crippen molar-refractivity contribution in [3.8, 4) is 0 Å². The minimum Gasteiger partial charge on any atom is -0.352 e. The lowest BCUT2D eigenvalue weighted by molar-refractivity contribution is -0.141. The van der Waals surface area contributed by atoms with Gasteiger partial charge in [-0.3, -0.25) is 0 Å². The second-order valence-electron chi connectivity index (χ2n) is 5.16. The Kier molecular flexibility index (Phi) is 5.63. The summed E-state index contributed by atoms with van der Waals surface area (Å²) in [5.74, 6) is -0.638. The summed E-state index contributed by atoms with van der Waals surface area (Å²) >= 11 is 3.15. The molecule has 0 unspecified atom stereocenters. The molecule has 1 aromatic heterocycles. The summed E-state index contributed by atoms with van der Waals surface area (Å²) in [6, 6.07) is 4.51. The topological polar surface area (TPSA) is 49.8 Å². The van der Waals surface area contributed by atoms with E-state index in [0.717, 1.165) is 6.07 Å².